The molecule has 1 aliphatic heterocycles. The van der Waals surface area contributed by atoms with Gasteiger partial charge in [-0.1, -0.05) is 0 Å². The fourth-order valence-electron chi connectivity index (χ4n) is 2.71. The zero-order chi connectivity index (χ0) is 16.3. The minimum atomic E-state index is -0.926. The minimum absolute atomic E-state index is 0.125. The molecule has 1 aromatic rings. The van der Waals surface area contributed by atoms with Crippen LogP contribution in [-0.2, 0) is 16.1 Å². The predicted octanol–water partition coefficient (Wildman–Crippen LogP) is 0.950. The van der Waals surface area contributed by atoms with E-state index in [9.17, 15) is 14.7 Å². The second-order valence-corrected chi connectivity index (χ2v) is 5.65. The Morgan fingerprint density at radius 3 is 2.64 bits per heavy atom. The first-order valence-corrected chi connectivity index (χ1v) is 7.76. The fourth-order valence-corrected chi connectivity index (χ4v) is 3.24. The van der Waals surface area contributed by atoms with Gasteiger partial charge in [-0.2, -0.15) is 0 Å². The van der Waals surface area contributed by atoms with Crippen molar-refractivity contribution in [2.24, 2.45) is 11.8 Å². The van der Waals surface area contributed by atoms with Gasteiger partial charge in [0.25, 0.3) is 0 Å². The topological polar surface area (TPSA) is 76.1 Å². The molecular weight excluding hydrogens is 301 g/mol. The van der Waals surface area contributed by atoms with E-state index in [1.54, 1.807) is 31.3 Å². The van der Waals surface area contributed by atoms with E-state index in [0.717, 1.165) is 5.56 Å². The number of nitrogens with zero attached hydrogens (tertiary/aromatic N) is 1. The Bertz CT molecular complexity index is 577. The van der Waals surface area contributed by atoms with Gasteiger partial charge in [0.05, 0.1) is 20.1 Å². The molecule has 0 bridgehead atoms. The maximum Gasteiger partial charge on any atom is 0.309 e. The molecular formula is C15H18AlNO5. The maximum atomic E-state index is 12.4. The van der Waals surface area contributed by atoms with Crippen LogP contribution in [0.2, 0.25) is 5.28 Å². The van der Waals surface area contributed by atoms with Crippen molar-refractivity contribution >= 4 is 28.2 Å². The average molecular weight is 319 g/mol. The summed E-state index contributed by atoms with van der Waals surface area (Å²) in [6, 6.07) is 5.37. The third kappa shape index (κ3) is 3.21. The number of amides is 1. The highest BCUT2D eigenvalue weighted by Crippen LogP contribution is 2.31. The van der Waals surface area contributed by atoms with Gasteiger partial charge in [0.1, 0.15) is 27.8 Å². The average Bonchev–Trinajstić information content (AvgIpc) is 2.84. The van der Waals surface area contributed by atoms with E-state index in [0.29, 0.717) is 23.3 Å². The highest BCUT2D eigenvalue weighted by Gasteiger charge is 2.42. The fraction of sp³-hybridized carbons (Fsp3) is 0.467. The third-order valence-electron chi connectivity index (χ3n) is 3.96. The van der Waals surface area contributed by atoms with E-state index in [2.05, 4.69) is 16.3 Å². The van der Waals surface area contributed by atoms with E-state index in [1.165, 1.54) is 0 Å². The molecule has 0 aliphatic carbocycles. The van der Waals surface area contributed by atoms with E-state index >= 15 is 0 Å². The Hall–Kier alpha value is -1.71. The second-order valence-electron chi connectivity index (χ2n) is 5.18. The number of carbonyl (C=O) groups excluding carboxylic acids is 1. The summed E-state index contributed by atoms with van der Waals surface area (Å²) in [7, 11) is 3.12. The van der Waals surface area contributed by atoms with Gasteiger partial charge in [0.2, 0.25) is 5.91 Å². The quantitative estimate of drug-likeness (QED) is 0.790. The summed E-state index contributed by atoms with van der Waals surface area (Å²) in [5.41, 5.74) is 0.824. The maximum absolute atomic E-state index is 12.4. The van der Waals surface area contributed by atoms with Gasteiger partial charge in [0.15, 0.2) is 0 Å². The van der Waals surface area contributed by atoms with Gasteiger partial charge in [0, 0.05) is 30.6 Å². The molecule has 0 spiro atoms. The largest absolute Gasteiger partial charge is 0.497 e. The van der Waals surface area contributed by atoms with Crippen LogP contribution in [0.5, 0.6) is 11.5 Å². The normalized spacial score (nSPS) is 21.0. The van der Waals surface area contributed by atoms with Crippen molar-refractivity contribution in [2.45, 2.75) is 11.8 Å². The molecule has 1 amide bonds. The van der Waals surface area contributed by atoms with Crippen LogP contribution in [0.1, 0.15) is 5.56 Å². The predicted molar refractivity (Wildman–Crippen MR) is 80.1 cm³/mol. The smallest absolute Gasteiger partial charge is 0.309 e. The number of hydrogen-bond donors (Lipinski definition) is 1. The summed E-state index contributed by atoms with van der Waals surface area (Å²) in [5.74, 6) is -0.904. The number of carboxylic acids is 1. The number of aliphatic carboxylic acids is 1. The van der Waals surface area contributed by atoms with Crippen molar-refractivity contribution in [1.29, 1.82) is 0 Å². The molecule has 116 valence electrons. The lowest BCUT2D eigenvalue weighted by Gasteiger charge is -2.18. The molecule has 1 aliphatic rings. The molecule has 2 radical (unpaired) electrons. The first kappa shape index (κ1) is 16.7. The minimum Gasteiger partial charge on any atom is -0.497 e. The van der Waals surface area contributed by atoms with E-state index in [-0.39, 0.29) is 12.5 Å². The summed E-state index contributed by atoms with van der Waals surface area (Å²) in [4.78, 5) is 25.2. The lowest BCUT2D eigenvalue weighted by molar-refractivity contribution is -0.143. The number of hydrogen-bond acceptors (Lipinski definition) is 4. The zero-order valence-corrected chi connectivity index (χ0v) is 13.8. The van der Waals surface area contributed by atoms with E-state index < -0.39 is 17.8 Å². The molecule has 2 unspecified atom stereocenters. The van der Waals surface area contributed by atoms with Crippen LogP contribution in [0.3, 0.4) is 0 Å². The Morgan fingerprint density at radius 2 is 2.14 bits per heavy atom. The highest BCUT2D eigenvalue weighted by atomic mass is 27.0. The SMILES string of the molecule is COc1ccc(CN2CC(C(=O)O)C([CH2][Al])C2=O)c(OC)c1. The Balaban J connectivity index is 2.20. The molecule has 1 fully saturated rings. The van der Waals surface area contributed by atoms with Gasteiger partial charge in [-0.3, -0.25) is 9.59 Å². The number of methoxy groups -OCH3 is 2. The van der Waals surface area contributed by atoms with Crippen molar-refractivity contribution in [2.75, 3.05) is 20.8 Å². The molecule has 1 N–H and O–H groups in total. The van der Waals surface area contributed by atoms with Crippen LogP contribution < -0.4 is 9.47 Å². The van der Waals surface area contributed by atoms with Crippen LogP contribution in [0.4, 0.5) is 0 Å². The zero-order valence-electron chi connectivity index (χ0n) is 12.6. The van der Waals surface area contributed by atoms with Crippen molar-refractivity contribution in [3.05, 3.63) is 23.8 Å². The molecule has 1 heterocycles. The molecule has 2 rings (SSSR count). The lowest BCUT2D eigenvalue weighted by atomic mass is 9.98. The molecule has 6 nitrogen and oxygen atoms in total. The number of ether oxygens (including phenoxy) is 2. The molecule has 1 aromatic carbocycles. The molecule has 2 atom stereocenters. The summed E-state index contributed by atoms with van der Waals surface area (Å²) in [6.45, 7) is 0.555. The van der Waals surface area contributed by atoms with E-state index in [4.69, 9.17) is 9.47 Å². The van der Waals surface area contributed by atoms with E-state index in [1.807, 2.05) is 6.07 Å². The number of likely N-dealkylation sites (tertiary alicyclic amines) is 1. The van der Waals surface area contributed by atoms with Gasteiger partial charge in [-0.05, 0) is 12.1 Å². The summed E-state index contributed by atoms with van der Waals surface area (Å²) in [6.07, 6.45) is 0. The van der Waals surface area contributed by atoms with Crippen LogP contribution in [0.15, 0.2) is 18.2 Å². The second kappa shape index (κ2) is 7.03. The van der Waals surface area contributed by atoms with Gasteiger partial charge >= 0.3 is 5.97 Å². The van der Waals surface area contributed by atoms with Crippen molar-refractivity contribution in [1.82, 2.24) is 4.90 Å². The molecule has 7 heteroatoms. The van der Waals surface area contributed by atoms with Crippen LogP contribution in [0.25, 0.3) is 0 Å². The molecule has 0 saturated carbocycles. The number of benzene rings is 1. The van der Waals surface area contributed by atoms with Crippen LogP contribution in [0, 0.1) is 11.8 Å². The third-order valence-corrected chi connectivity index (χ3v) is 4.47. The van der Waals surface area contributed by atoms with Gasteiger partial charge in [-0.15, -0.1) is 5.28 Å². The molecule has 22 heavy (non-hydrogen) atoms. The van der Waals surface area contributed by atoms with Gasteiger partial charge in [-0.25, -0.2) is 0 Å². The first-order valence-electron chi connectivity index (χ1n) is 6.94. The molecule has 1 saturated heterocycles. The Kier molecular flexibility index (Phi) is 5.33. The summed E-state index contributed by atoms with van der Waals surface area (Å²) >= 11 is 2.46. The summed E-state index contributed by atoms with van der Waals surface area (Å²) in [5, 5.41) is 9.71. The Morgan fingerprint density at radius 1 is 1.41 bits per heavy atom. The summed E-state index contributed by atoms with van der Waals surface area (Å²) < 4.78 is 10.5. The lowest BCUT2D eigenvalue weighted by Crippen LogP contribution is -2.27. The standard InChI is InChI=1S/C15H18NO5.Al/c1-9-12(15(18)19)8-16(14(9)17)7-10-4-5-11(20-2)6-13(10)21-3;/h4-6,9,12H,1,7-8H2,2-3H3,(H,18,19);. The first-order chi connectivity index (χ1) is 10.5. The Labute approximate surface area is 137 Å². The van der Waals surface area contributed by atoms with Gasteiger partial charge < -0.3 is 19.5 Å². The monoisotopic (exact) mass is 319 g/mol. The van der Waals surface area contributed by atoms with Crippen LogP contribution >= 0.6 is 0 Å². The number of carbonyl (C=O) groups is 2. The molecule has 0 aromatic heterocycles. The number of carboxylic acid groups (broad SMARTS) is 1. The van der Waals surface area contributed by atoms with Crippen LogP contribution in [-0.4, -0.2) is 58.9 Å². The van der Waals surface area contributed by atoms with Crippen molar-refractivity contribution in [3.8, 4) is 11.5 Å². The van der Waals surface area contributed by atoms with Crippen molar-refractivity contribution in [3.63, 3.8) is 0 Å². The highest BCUT2D eigenvalue weighted by molar-refractivity contribution is 6.11. The van der Waals surface area contributed by atoms with Crippen molar-refractivity contribution < 1.29 is 24.2 Å². The number of rotatable bonds is 6.